The number of allylic oxidation sites excluding steroid dienone is 2. The van der Waals surface area contributed by atoms with E-state index in [2.05, 4.69) is 0 Å². The summed E-state index contributed by atoms with van der Waals surface area (Å²) in [6, 6.07) is 6.94. The zero-order valence-electron chi connectivity index (χ0n) is 8.19. The molecular formula is C12H8Cl2O2. The van der Waals surface area contributed by atoms with E-state index in [1.165, 1.54) is 12.2 Å². The molecule has 2 nitrogen and oxygen atoms in total. The lowest BCUT2D eigenvalue weighted by Crippen LogP contribution is -1.83. The van der Waals surface area contributed by atoms with Gasteiger partial charge in [-0.05, 0) is 29.3 Å². The molecule has 0 fully saturated rings. The summed E-state index contributed by atoms with van der Waals surface area (Å²) in [5.41, 5.74) is 1.34. The largest absolute Gasteiger partial charge is 0.299 e. The molecule has 0 unspecified atom stereocenters. The molecule has 1 aromatic rings. The van der Waals surface area contributed by atoms with E-state index in [9.17, 15) is 9.59 Å². The highest BCUT2D eigenvalue weighted by Gasteiger charge is 2.02. The fourth-order valence-corrected chi connectivity index (χ4v) is 1.47. The van der Waals surface area contributed by atoms with Gasteiger partial charge in [0.25, 0.3) is 0 Å². The highest BCUT2D eigenvalue weighted by molar-refractivity contribution is 6.51. The molecule has 0 heterocycles. The smallest absolute Gasteiger partial charge is 0.144 e. The topological polar surface area (TPSA) is 34.1 Å². The van der Waals surface area contributed by atoms with Crippen LogP contribution in [0.5, 0.6) is 0 Å². The van der Waals surface area contributed by atoms with Crippen LogP contribution in [0, 0.1) is 0 Å². The summed E-state index contributed by atoms with van der Waals surface area (Å²) in [6.07, 6.45) is 3.71. The summed E-state index contributed by atoms with van der Waals surface area (Å²) in [5, 5.41) is 0.653. The maximum absolute atomic E-state index is 10.3. The quantitative estimate of drug-likeness (QED) is 0.611. The molecule has 0 aliphatic rings. The first-order valence-electron chi connectivity index (χ1n) is 4.41. The first-order valence-corrected chi connectivity index (χ1v) is 5.17. The van der Waals surface area contributed by atoms with Gasteiger partial charge < -0.3 is 0 Å². The number of hydrogen-bond acceptors (Lipinski definition) is 2. The van der Waals surface area contributed by atoms with E-state index in [4.69, 9.17) is 23.2 Å². The van der Waals surface area contributed by atoms with Crippen LogP contribution < -0.4 is 0 Å². The van der Waals surface area contributed by atoms with E-state index >= 15 is 0 Å². The van der Waals surface area contributed by atoms with Gasteiger partial charge in [0.05, 0.1) is 10.1 Å². The number of halogens is 2. The molecule has 0 N–H and O–H groups in total. The van der Waals surface area contributed by atoms with Crippen LogP contribution in [0.2, 0.25) is 0 Å². The van der Waals surface area contributed by atoms with Gasteiger partial charge in [-0.1, -0.05) is 41.4 Å². The first-order chi connectivity index (χ1) is 7.69. The average Bonchev–Trinajstić information content (AvgIpc) is 2.30. The summed E-state index contributed by atoms with van der Waals surface area (Å²) in [4.78, 5) is 20.5. The molecule has 4 heteroatoms. The fraction of sp³-hybridized carbons (Fsp3) is 0. The standard InChI is InChI=1S/C12H8Cl2O2/c13-11(4-6-15)9-2-1-3-10(8-9)12(14)5-7-16/h1-8H. The SMILES string of the molecule is O=CC=C(Cl)c1cccc(C(Cl)=CC=O)c1. The normalized spacial score (nSPS) is 12.4. The summed E-state index contributed by atoms with van der Waals surface area (Å²) in [6.45, 7) is 0. The van der Waals surface area contributed by atoms with Gasteiger partial charge in [-0.3, -0.25) is 9.59 Å². The number of aldehydes is 2. The van der Waals surface area contributed by atoms with Crippen LogP contribution in [0.15, 0.2) is 36.4 Å². The van der Waals surface area contributed by atoms with Crippen LogP contribution in [0.25, 0.3) is 10.1 Å². The van der Waals surface area contributed by atoms with Crippen LogP contribution in [-0.4, -0.2) is 12.6 Å². The molecule has 0 saturated heterocycles. The molecule has 0 radical (unpaired) electrons. The van der Waals surface area contributed by atoms with E-state index in [1.807, 2.05) is 0 Å². The van der Waals surface area contributed by atoms with Crippen molar-refractivity contribution in [3.8, 4) is 0 Å². The third-order valence-corrected chi connectivity index (χ3v) is 2.53. The van der Waals surface area contributed by atoms with Crippen molar-refractivity contribution in [3.63, 3.8) is 0 Å². The van der Waals surface area contributed by atoms with Crippen LogP contribution in [0.4, 0.5) is 0 Å². The lowest BCUT2D eigenvalue weighted by Gasteiger charge is -2.02. The highest BCUT2D eigenvalue weighted by atomic mass is 35.5. The molecule has 0 spiro atoms. The maximum Gasteiger partial charge on any atom is 0.144 e. The van der Waals surface area contributed by atoms with Crippen LogP contribution in [0.3, 0.4) is 0 Å². The van der Waals surface area contributed by atoms with E-state index in [0.717, 1.165) is 0 Å². The Morgan fingerprint density at radius 2 is 1.38 bits per heavy atom. The van der Waals surface area contributed by atoms with Gasteiger partial charge in [-0.2, -0.15) is 0 Å². The molecule has 0 bridgehead atoms. The van der Waals surface area contributed by atoms with Gasteiger partial charge in [-0.25, -0.2) is 0 Å². The lowest BCUT2D eigenvalue weighted by molar-refractivity contribution is -0.104. The molecule has 16 heavy (non-hydrogen) atoms. The molecular weight excluding hydrogens is 247 g/mol. The van der Waals surface area contributed by atoms with Crippen molar-refractivity contribution >= 4 is 45.8 Å². The molecule has 0 aliphatic carbocycles. The predicted molar refractivity (Wildman–Crippen MR) is 66.2 cm³/mol. The Kier molecular flexibility index (Phi) is 4.96. The molecule has 0 atom stereocenters. The molecule has 0 saturated carbocycles. The minimum absolute atomic E-state index is 0.326. The minimum Gasteiger partial charge on any atom is -0.299 e. The van der Waals surface area contributed by atoms with Gasteiger partial charge in [0.2, 0.25) is 0 Å². The van der Waals surface area contributed by atoms with Gasteiger partial charge in [0, 0.05) is 0 Å². The maximum atomic E-state index is 10.3. The Bertz CT molecular complexity index is 423. The van der Waals surface area contributed by atoms with Crippen molar-refractivity contribution in [1.29, 1.82) is 0 Å². The predicted octanol–water partition coefficient (Wildman–Crippen LogP) is 3.24. The Morgan fingerprint density at radius 3 is 1.75 bits per heavy atom. The van der Waals surface area contributed by atoms with Crippen molar-refractivity contribution < 1.29 is 9.59 Å². The molecule has 1 rings (SSSR count). The van der Waals surface area contributed by atoms with Gasteiger partial charge in [-0.15, -0.1) is 0 Å². The third-order valence-electron chi connectivity index (χ3n) is 1.84. The van der Waals surface area contributed by atoms with Gasteiger partial charge in [0.1, 0.15) is 12.6 Å². The molecule has 1 aromatic carbocycles. The Morgan fingerprint density at radius 1 is 0.938 bits per heavy atom. The van der Waals surface area contributed by atoms with Crippen molar-refractivity contribution in [2.24, 2.45) is 0 Å². The molecule has 0 amide bonds. The average molecular weight is 255 g/mol. The monoisotopic (exact) mass is 254 g/mol. The second-order valence-corrected chi connectivity index (χ2v) is 3.70. The molecule has 82 valence electrons. The van der Waals surface area contributed by atoms with Crippen LogP contribution in [-0.2, 0) is 9.59 Å². The number of carbonyl (C=O) groups excluding carboxylic acids is 2. The lowest BCUT2D eigenvalue weighted by atomic mass is 10.1. The zero-order valence-corrected chi connectivity index (χ0v) is 9.70. The van der Waals surface area contributed by atoms with Crippen molar-refractivity contribution in [2.75, 3.05) is 0 Å². The van der Waals surface area contributed by atoms with E-state index in [-0.39, 0.29) is 0 Å². The second-order valence-electron chi connectivity index (χ2n) is 2.88. The summed E-state index contributed by atoms with van der Waals surface area (Å²) >= 11 is 11.7. The van der Waals surface area contributed by atoms with Crippen LogP contribution in [0.1, 0.15) is 11.1 Å². The number of carbonyl (C=O) groups is 2. The van der Waals surface area contributed by atoms with E-state index < -0.39 is 0 Å². The van der Waals surface area contributed by atoms with Crippen molar-refractivity contribution in [2.45, 2.75) is 0 Å². The number of benzene rings is 1. The van der Waals surface area contributed by atoms with Gasteiger partial charge in [0.15, 0.2) is 0 Å². The molecule has 0 aromatic heterocycles. The third kappa shape index (κ3) is 3.33. The van der Waals surface area contributed by atoms with Crippen molar-refractivity contribution in [1.82, 2.24) is 0 Å². The summed E-state index contributed by atoms with van der Waals surface area (Å²) in [7, 11) is 0. The van der Waals surface area contributed by atoms with Crippen LogP contribution >= 0.6 is 23.2 Å². The van der Waals surface area contributed by atoms with Crippen molar-refractivity contribution in [3.05, 3.63) is 47.5 Å². The molecule has 0 aliphatic heterocycles. The van der Waals surface area contributed by atoms with E-state index in [0.29, 0.717) is 33.8 Å². The number of hydrogen-bond donors (Lipinski definition) is 0. The fourth-order valence-electron chi connectivity index (χ4n) is 1.13. The van der Waals surface area contributed by atoms with E-state index in [1.54, 1.807) is 24.3 Å². The zero-order chi connectivity index (χ0) is 12.0. The Balaban J connectivity index is 3.13. The summed E-state index contributed by atoms with van der Waals surface area (Å²) < 4.78 is 0. The highest BCUT2D eigenvalue weighted by Crippen LogP contribution is 2.24. The minimum atomic E-state index is 0.326. The second kappa shape index (κ2) is 6.26. The van der Waals surface area contributed by atoms with Gasteiger partial charge >= 0.3 is 0 Å². The number of rotatable bonds is 4. The first kappa shape index (κ1) is 12.7. The Hall–Kier alpha value is -1.38. The Labute approximate surface area is 103 Å². The summed E-state index contributed by atoms with van der Waals surface area (Å²) in [5.74, 6) is 0.